The Kier molecular flexibility index (Phi) is 3.35. The van der Waals surface area contributed by atoms with Crippen LogP contribution in [0.1, 0.15) is 38.8 Å². The minimum absolute atomic E-state index is 0.146. The lowest BCUT2D eigenvalue weighted by Gasteiger charge is -2.33. The smallest absolute Gasteiger partial charge is 0.306 e. The zero-order valence-corrected chi connectivity index (χ0v) is 13.6. The first-order valence-corrected chi connectivity index (χ1v) is 7.77. The second kappa shape index (κ2) is 4.97. The predicted molar refractivity (Wildman–Crippen MR) is 88.3 cm³/mol. The molecule has 1 aliphatic carbocycles. The van der Waals surface area contributed by atoms with Gasteiger partial charge in [0.25, 0.3) is 5.56 Å². The number of fused-ring (bicyclic) bond motifs is 3. The van der Waals surface area contributed by atoms with Crippen LogP contribution in [-0.4, -0.2) is 9.55 Å². The van der Waals surface area contributed by atoms with Crippen LogP contribution >= 0.6 is 0 Å². The van der Waals surface area contributed by atoms with Crippen LogP contribution in [0.4, 0.5) is 0 Å². The molecule has 4 nitrogen and oxygen atoms in total. The number of aromatic nitrogens is 2. The van der Waals surface area contributed by atoms with E-state index in [2.05, 4.69) is 24.9 Å². The Morgan fingerprint density at radius 2 is 1.91 bits per heavy atom. The molecule has 1 heterocycles. The summed E-state index contributed by atoms with van der Waals surface area (Å²) >= 11 is 0. The van der Waals surface area contributed by atoms with Crippen molar-refractivity contribution in [3.05, 3.63) is 56.2 Å². The van der Waals surface area contributed by atoms with Crippen LogP contribution in [-0.2, 0) is 18.4 Å². The van der Waals surface area contributed by atoms with E-state index in [-0.39, 0.29) is 22.6 Å². The fraction of sp³-hybridized carbons (Fsp3) is 0.444. The van der Waals surface area contributed by atoms with Gasteiger partial charge < -0.3 is 4.98 Å². The van der Waals surface area contributed by atoms with E-state index in [0.717, 1.165) is 17.5 Å². The summed E-state index contributed by atoms with van der Waals surface area (Å²) in [7, 11) is 0. The van der Waals surface area contributed by atoms with Gasteiger partial charge in [0.15, 0.2) is 0 Å². The van der Waals surface area contributed by atoms with Gasteiger partial charge in [-0.05, 0) is 17.9 Å². The standard InChI is InChI=1S/C18H22N2O2/c1-11(2)10-20-16(21)14-15(19-17(20)22)13-8-6-5-7-12(13)9-18(14,3)4/h5-8,11H,9-10H2,1-4H3,(H,19,22). The SMILES string of the molecule is CC(C)Cn1c(=O)[nH]c2c(c1=O)C(C)(C)Cc1ccccc1-2. The predicted octanol–water partition coefficient (Wildman–Crippen LogP) is 2.69. The number of aromatic amines is 1. The molecule has 116 valence electrons. The highest BCUT2D eigenvalue weighted by Gasteiger charge is 2.35. The molecule has 2 aromatic rings. The van der Waals surface area contributed by atoms with Crippen molar-refractivity contribution in [2.75, 3.05) is 0 Å². The van der Waals surface area contributed by atoms with E-state index in [0.29, 0.717) is 12.2 Å². The van der Waals surface area contributed by atoms with Crippen LogP contribution < -0.4 is 11.2 Å². The highest BCUT2D eigenvalue weighted by molar-refractivity contribution is 5.71. The van der Waals surface area contributed by atoms with E-state index >= 15 is 0 Å². The van der Waals surface area contributed by atoms with E-state index in [1.807, 2.05) is 32.0 Å². The Bertz CT molecular complexity index is 841. The third kappa shape index (κ3) is 2.23. The van der Waals surface area contributed by atoms with Crippen LogP contribution in [0.2, 0.25) is 0 Å². The van der Waals surface area contributed by atoms with E-state index in [1.54, 1.807) is 0 Å². The van der Waals surface area contributed by atoms with Gasteiger partial charge in [0.2, 0.25) is 0 Å². The number of hydrogen-bond acceptors (Lipinski definition) is 2. The summed E-state index contributed by atoms with van der Waals surface area (Å²) in [5, 5.41) is 0. The van der Waals surface area contributed by atoms with Crippen molar-refractivity contribution in [2.45, 2.75) is 46.1 Å². The molecule has 0 unspecified atom stereocenters. The summed E-state index contributed by atoms with van der Waals surface area (Å²) in [6.45, 7) is 8.60. The Hall–Kier alpha value is -2.10. The monoisotopic (exact) mass is 298 g/mol. The van der Waals surface area contributed by atoms with Gasteiger partial charge >= 0.3 is 5.69 Å². The number of H-pyrrole nitrogens is 1. The van der Waals surface area contributed by atoms with Crippen molar-refractivity contribution in [3.63, 3.8) is 0 Å². The molecular formula is C18H22N2O2. The summed E-state index contributed by atoms with van der Waals surface area (Å²) in [5.41, 5.74) is 2.83. The van der Waals surface area contributed by atoms with Gasteiger partial charge in [-0.1, -0.05) is 52.0 Å². The van der Waals surface area contributed by atoms with Crippen LogP contribution in [0.3, 0.4) is 0 Å². The third-order valence-corrected chi connectivity index (χ3v) is 4.33. The first-order valence-electron chi connectivity index (χ1n) is 7.77. The molecule has 1 N–H and O–H groups in total. The molecule has 3 rings (SSSR count). The molecule has 4 heteroatoms. The Morgan fingerprint density at radius 1 is 1.23 bits per heavy atom. The maximum atomic E-state index is 12.9. The van der Waals surface area contributed by atoms with Crippen molar-refractivity contribution < 1.29 is 0 Å². The van der Waals surface area contributed by atoms with Gasteiger partial charge in [-0.25, -0.2) is 4.79 Å². The second-order valence-corrected chi connectivity index (χ2v) is 7.21. The highest BCUT2D eigenvalue weighted by Crippen LogP contribution is 2.39. The molecule has 0 amide bonds. The third-order valence-electron chi connectivity index (χ3n) is 4.33. The average Bonchev–Trinajstić information content (AvgIpc) is 2.41. The largest absolute Gasteiger partial charge is 0.328 e. The molecule has 1 aromatic carbocycles. The van der Waals surface area contributed by atoms with E-state index < -0.39 is 0 Å². The number of hydrogen-bond donors (Lipinski definition) is 1. The minimum Gasteiger partial charge on any atom is -0.306 e. The van der Waals surface area contributed by atoms with Crippen molar-refractivity contribution >= 4 is 0 Å². The molecule has 0 fully saturated rings. The summed E-state index contributed by atoms with van der Waals surface area (Å²) in [6, 6.07) is 7.99. The zero-order valence-electron chi connectivity index (χ0n) is 13.6. The van der Waals surface area contributed by atoms with Crippen LogP contribution in [0.25, 0.3) is 11.3 Å². The average molecular weight is 298 g/mol. The van der Waals surface area contributed by atoms with Gasteiger partial charge in [0.1, 0.15) is 0 Å². The van der Waals surface area contributed by atoms with Gasteiger partial charge in [0.05, 0.1) is 5.69 Å². The molecule has 0 radical (unpaired) electrons. The molecule has 22 heavy (non-hydrogen) atoms. The Labute approximate surface area is 129 Å². The molecule has 1 aromatic heterocycles. The first kappa shape index (κ1) is 14.8. The number of benzene rings is 1. The molecular weight excluding hydrogens is 276 g/mol. The zero-order chi connectivity index (χ0) is 16.1. The van der Waals surface area contributed by atoms with Crippen LogP contribution in [0.5, 0.6) is 0 Å². The van der Waals surface area contributed by atoms with Crippen LogP contribution in [0, 0.1) is 5.92 Å². The second-order valence-electron chi connectivity index (χ2n) is 7.21. The van der Waals surface area contributed by atoms with E-state index in [1.165, 1.54) is 10.1 Å². The molecule has 0 saturated heterocycles. The van der Waals surface area contributed by atoms with Gasteiger partial charge in [0, 0.05) is 23.1 Å². The summed E-state index contributed by atoms with van der Waals surface area (Å²) in [4.78, 5) is 28.3. The summed E-state index contributed by atoms with van der Waals surface area (Å²) in [5.74, 6) is 0.246. The number of rotatable bonds is 2. The van der Waals surface area contributed by atoms with Crippen molar-refractivity contribution in [2.24, 2.45) is 5.92 Å². The van der Waals surface area contributed by atoms with Crippen LogP contribution in [0.15, 0.2) is 33.9 Å². The maximum absolute atomic E-state index is 12.9. The Balaban J connectivity index is 2.36. The summed E-state index contributed by atoms with van der Waals surface area (Å²) < 4.78 is 1.35. The molecule has 0 aliphatic heterocycles. The maximum Gasteiger partial charge on any atom is 0.328 e. The first-order chi connectivity index (χ1) is 10.3. The number of nitrogens with one attached hydrogen (secondary N) is 1. The molecule has 0 atom stereocenters. The summed E-state index contributed by atoms with van der Waals surface area (Å²) in [6.07, 6.45) is 0.805. The van der Waals surface area contributed by atoms with Gasteiger partial charge in [-0.15, -0.1) is 0 Å². The fourth-order valence-electron chi connectivity index (χ4n) is 3.41. The molecule has 0 saturated carbocycles. The van der Waals surface area contributed by atoms with E-state index in [4.69, 9.17) is 0 Å². The topological polar surface area (TPSA) is 54.9 Å². The molecule has 0 spiro atoms. The highest BCUT2D eigenvalue weighted by atomic mass is 16.2. The van der Waals surface area contributed by atoms with Gasteiger partial charge in [-0.2, -0.15) is 0 Å². The lowest BCUT2D eigenvalue weighted by atomic mass is 9.72. The lowest BCUT2D eigenvalue weighted by molar-refractivity contribution is 0.459. The Morgan fingerprint density at radius 3 is 2.59 bits per heavy atom. The minimum atomic E-state index is -0.315. The van der Waals surface area contributed by atoms with Crippen molar-refractivity contribution in [3.8, 4) is 11.3 Å². The normalized spacial score (nSPS) is 15.5. The molecule has 1 aliphatic rings. The van der Waals surface area contributed by atoms with Crippen molar-refractivity contribution in [1.29, 1.82) is 0 Å². The lowest BCUT2D eigenvalue weighted by Crippen LogP contribution is -2.44. The van der Waals surface area contributed by atoms with E-state index in [9.17, 15) is 9.59 Å². The fourth-order valence-corrected chi connectivity index (χ4v) is 3.41. The number of nitrogens with zero attached hydrogens (tertiary/aromatic N) is 1. The quantitative estimate of drug-likeness (QED) is 0.926. The molecule has 0 bridgehead atoms. The van der Waals surface area contributed by atoms with Crippen molar-refractivity contribution in [1.82, 2.24) is 9.55 Å². The van der Waals surface area contributed by atoms with Gasteiger partial charge in [-0.3, -0.25) is 9.36 Å².